The third-order valence-corrected chi connectivity index (χ3v) is 3.79. The normalized spacial score (nSPS) is 16.7. The van der Waals surface area contributed by atoms with Crippen LogP contribution < -0.4 is 4.74 Å². The summed E-state index contributed by atoms with van der Waals surface area (Å²) in [6.07, 6.45) is 2.14. The first-order chi connectivity index (χ1) is 8.61. The number of ether oxygens (including phenoxy) is 1. The molecule has 1 aliphatic rings. The largest absolute Gasteiger partial charge is 0.497 e. The van der Waals surface area contributed by atoms with Gasteiger partial charge in [0.15, 0.2) is 0 Å². The summed E-state index contributed by atoms with van der Waals surface area (Å²) in [5.74, 6) is 1.40. The molecule has 1 aromatic carbocycles. The summed E-state index contributed by atoms with van der Waals surface area (Å²) in [5, 5.41) is 0.456. The Hall–Kier alpha value is -1.22. The van der Waals surface area contributed by atoms with Gasteiger partial charge in [0.1, 0.15) is 5.75 Å². The molecular formula is C14H18ClNO2. The lowest BCUT2D eigenvalue weighted by atomic mass is 9.98. The van der Waals surface area contributed by atoms with E-state index in [4.69, 9.17) is 16.3 Å². The third-order valence-electron chi connectivity index (χ3n) is 3.48. The van der Waals surface area contributed by atoms with E-state index in [1.807, 2.05) is 4.90 Å². The van der Waals surface area contributed by atoms with E-state index in [2.05, 4.69) is 6.92 Å². The van der Waals surface area contributed by atoms with Crippen LogP contribution in [0.4, 0.5) is 0 Å². The predicted molar refractivity (Wildman–Crippen MR) is 72.3 cm³/mol. The average Bonchev–Trinajstić information content (AvgIpc) is 2.38. The molecule has 3 nitrogen and oxygen atoms in total. The van der Waals surface area contributed by atoms with Gasteiger partial charge in [0.05, 0.1) is 17.7 Å². The Kier molecular flexibility index (Phi) is 4.12. The van der Waals surface area contributed by atoms with Crippen LogP contribution in [0.5, 0.6) is 5.75 Å². The number of hydrogen-bond acceptors (Lipinski definition) is 2. The summed E-state index contributed by atoms with van der Waals surface area (Å²) >= 11 is 6.12. The van der Waals surface area contributed by atoms with Crippen LogP contribution in [0.15, 0.2) is 18.2 Å². The Bertz CT molecular complexity index is 439. The molecule has 1 saturated heterocycles. The number of rotatable bonds is 2. The van der Waals surface area contributed by atoms with Gasteiger partial charge in [-0.1, -0.05) is 18.5 Å². The van der Waals surface area contributed by atoms with E-state index in [0.29, 0.717) is 22.3 Å². The smallest absolute Gasteiger partial charge is 0.255 e. The number of nitrogens with zero attached hydrogens (tertiary/aromatic N) is 1. The molecule has 0 radical (unpaired) electrons. The number of carbonyl (C=O) groups excluding carboxylic acids is 1. The second-order valence-electron chi connectivity index (χ2n) is 4.82. The van der Waals surface area contributed by atoms with E-state index >= 15 is 0 Å². The topological polar surface area (TPSA) is 29.5 Å². The summed E-state index contributed by atoms with van der Waals surface area (Å²) in [5.41, 5.74) is 0.562. The molecule has 1 fully saturated rings. The molecular weight excluding hydrogens is 250 g/mol. The first-order valence-corrected chi connectivity index (χ1v) is 6.62. The monoisotopic (exact) mass is 267 g/mol. The number of carbonyl (C=O) groups is 1. The van der Waals surface area contributed by atoms with Crippen molar-refractivity contribution in [2.45, 2.75) is 19.8 Å². The van der Waals surface area contributed by atoms with Crippen LogP contribution in [0.2, 0.25) is 5.02 Å². The van der Waals surface area contributed by atoms with Gasteiger partial charge in [-0.3, -0.25) is 4.79 Å². The molecule has 18 heavy (non-hydrogen) atoms. The lowest BCUT2D eigenvalue weighted by Crippen LogP contribution is -2.38. The fourth-order valence-electron chi connectivity index (χ4n) is 2.18. The van der Waals surface area contributed by atoms with Crippen molar-refractivity contribution in [3.63, 3.8) is 0 Å². The standard InChI is InChI=1S/C14H18ClNO2/c1-10-5-7-16(8-6-10)14(17)12-4-3-11(18-2)9-13(12)15/h3-4,9-10H,5-8H2,1-2H3. The van der Waals surface area contributed by atoms with Gasteiger partial charge in [0, 0.05) is 13.1 Å². The molecule has 2 rings (SSSR count). The van der Waals surface area contributed by atoms with Gasteiger partial charge in [-0.25, -0.2) is 0 Å². The van der Waals surface area contributed by atoms with Crippen LogP contribution in [0, 0.1) is 5.92 Å². The predicted octanol–water partition coefficient (Wildman–Crippen LogP) is 3.22. The summed E-state index contributed by atoms with van der Waals surface area (Å²) in [6, 6.07) is 5.19. The van der Waals surface area contributed by atoms with E-state index in [1.165, 1.54) is 0 Å². The summed E-state index contributed by atoms with van der Waals surface area (Å²) in [7, 11) is 1.58. The minimum Gasteiger partial charge on any atom is -0.497 e. The van der Waals surface area contributed by atoms with Crippen molar-refractivity contribution in [1.82, 2.24) is 4.90 Å². The number of methoxy groups -OCH3 is 1. The van der Waals surface area contributed by atoms with Gasteiger partial charge in [0.25, 0.3) is 5.91 Å². The molecule has 1 amide bonds. The zero-order valence-electron chi connectivity index (χ0n) is 10.8. The van der Waals surface area contributed by atoms with Gasteiger partial charge in [-0.15, -0.1) is 0 Å². The highest BCUT2D eigenvalue weighted by molar-refractivity contribution is 6.34. The minimum atomic E-state index is 0.0227. The van der Waals surface area contributed by atoms with E-state index < -0.39 is 0 Å². The molecule has 0 aromatic heterocycles. The molecule has 4 heteroatoms. The Morgan fingerprint density at radius 3 is 2.61 bits per heavy atom. The molecule has 0 bridgehead atoms. The van der Waals surface area contributed by atoms with Crippen LogP contribution in [0.25, 0.3) is 0 Å². The van der Waals surface area contributed by atoms with Crippen LogP contribution in [-0.4, -0.2) is 31.0 Å². The first-order valence-electron chi connectivity index (χ1n) is 6.24. The molecule has 98 valence electrons. The van der Waals surface area contributed by atoms with Gasteiger partial charge < -0.3 is 9.64 Å². The summed E-state index contributed by atoms with van der Waals surface area (Å²) in [6.45, 7) is 3.87. The fourth-order valence-corrected chi connectivity index (χ4v) is 2.43. The van der Waals surface area contributed by atoms with Crippen molar-refractivity contribution >= 4 is 17.5 Å². The zero-order valence-corrected chi connectivity index (χ0v) is 11.5. The fraction of sp³-hybridized carbons (Fsp3) is 0.500. The Labute approximate surface area is 113 Å². The minimum absolute atomic E-state index is 0.0227. The highest BCUT2D eigenvalue weighted by atomic mass is 35.5. The van der Waals surface area contributed by atoms with E-state index in [-0.39, 0.29) is 5.91 Å². The Morgan fingerprint density at radius 2 is 2.06 bits per heavy atom. The number of amides is 1. The second-order valence-corrected chi connectivity index (χ2v) is 5.23. The Morgan fingerprint density at radius 1 is 1.39 bits per heavy atom. The summed E-state index contributed by atoms with van der Waals surface area (Å²) in [4.78, 5) is 14.2. The van der Waals surface area contributed by atoms with Gasteiger partial charge in [-0.05, 0) is 37.0 Å². The van der Waals surface area contributed by atoms with Crippen molar-refractivity contribution < 1.29 is 9.53 Å². The quantitative estimate of drug-likeness (QED) is 0.823. The second kappa shape index (κ2) is 5.61. The molecule has 0 saturated carbocycles. The highest BCUT2D eigenvalue weighted by Gasteiger charge is 2.23. The Balaban J connectivity index is 2.13. The lowest BCUT2D eigenvalue weighted by molar-refractivity contribution is 0.0697. The van der Waals surface area contributed by atoms with E-state index in [1.54, 1.807) is 25.3 Å². The van der Waals surface area contributed by atoms with Gasteiger partial charge >= 0.3 is 0 Å². The lowest BCUT2D eigenvalue weighted by Gasteiger charge is -2.30. The van der Waals surface area contributed by atoms with E-state index in [0.717, 1.165) is 25.9 Å². The van der Waals surface area contributed by atoms with Crippen molar-refractivity contribution in [2.24, 2.45) is 5.92 Å². The van der Waals surface area contributed by atoms with Crippen LogP contribution in [-0.2, 0) is 0 Å². The van der Waals surface area contributed by atoms with Crippen molar-refractivity contribution in [1.29, 1.82) is 0 Å². The third kappa shape index (κ3) is 2.78. The van der Waals surface area contributed by atoms with Crippen molar-refractivity contribution in [3.05, 3.63) is 28.8 Å². The SMILES string of the molecule is COc1ccc(C(=O)N2CCC(C)CC2)c(Cl)c1. The van der Waals surface area contributed by atoms with Crippen molar-refractivity contribution in [3.8, 4) is 5.75 Å². The average molecular weight is 268 g/mol. The number of hydrogen-bond donors (Lipinski definition) is 0. The first kappa shape index (κ1) is 13.2. The maximum Gasteiger partial charge on any atom is 0.255 e. The maximum absolute atomic E-state index is 12.3. The molecule has 1 aromatic rings. The molecule has 1 heterocycles. The van der Waals surface area contributed by atoms with Gasteiger partial charge in [-0.2, -0.15) is 0 Å². The molecule has 0 aliphatic carbocycles. The number of halogens is 1. The number of benzene rings is 1. The van der Waals surface area contributed by atoms with Gasteiger partial charge in [0.2, 0.25) is 0 Å². The van der Waals surface area contributed by atoms with E-state index in [9.17, 15) is 4.79 Å². The summed E-state index contributed by atoms with van der Waals surface area (Å²) < 4.78 is 5.08. The molecule has 0 N–H and O–H groups in total. The number of piperidine rings is 1. The molecule has 1 aliphatic heterocycles. The van der Waals surface area contributed by atoms with Crippen LogP contribution in [0.1, 0.15) is 30.1 Å². The van der Waals surface area contributed by atoms with Crippen LogP contribution >= 0.6 is 11.6 Å². The zero-order chi connectivity index (χ0) is 13.1. The van der Waals surface area contributed by atoms with Crippen molar-refractivity contribution in [2.75, 3.05) is 20.2 Å². The highest BCUT2D eigenvalue weighted by Crippen LogP contribution is 2.25. The molecule has 0 atom stereocenters. The maximum atomic E-state index is 12.3. The molecule has 0 unspecified atom stereocenters. The number of likely N-dealkylation sites (tertiary alicyclic amines) is 1. The van der Waals surface area contributed by atoms with Crippen LogP contribution in [0.3, 0.4) is 0 Å². The molecule has 0 spiro atoms.